The fourth-order valence-electron chi connectivity index (χ4n) is 4.95. The number of hydrogen-bond donors (Lipinski definition) is 1. The highest BCUT2D eigenvalue weighted by Gasteiger charge is 2.32. The summed E-state index contributed by atoms with van der Waals surface area (Å²) >= 11 is 0. The number of piperidine rings is 1. The number of rotatable bonds is 6. The van der Waals surface area contributed by atoms with Gasteiger partial charge in [-0.1, -0.05) is 19.9 Å². The normalized spacial score (nSPS) is 17.7. The van der Waals surface area contributed by atoms with Crippen LogP contribution < -0.4 is 0 Å². The molecule has 0 bridgehead atoms. The number of aromatic nitrogens is 3. The number of nitrogens with zero attached hydrogens (tertiary/aromatic N) is 4. The van der Waals surface area contributed by atoms with Gasteiger partial charge in [0.15, 0.2) is 5.82 Å². The highest BCUT2D eigenvalue weighted by molar-refractivity contribution is 5.99. The number of nitrogens with one attached hydrogen (secondary N) is 1. The van der Waals surface area contributed by atoms with Crippen molar-refractivity contribution in [3.8, 4) is 0 Å². The van der Waals surface area contributed by atoms with Gasteiger partial charge in [-0.3, -0.25) is 14.3 Å². The lowest BCUT2D eigenvalue weighted by molar-refractivity contribution is -0.132. The summed E-state index contributed by atoms with van der Waals surface area (Å²) in [6.07, 6.45) is 7.66. The van der Waals surface area contributed by atoms with E-state index in [4.69, 9.17) is 0 Å². The van der Waals surface area contributed by atoms with Gasteiger partial charge in [0.25, 0.3) is 5.91 Å². The third-order valence-corrected chi connectivity index (χ3v) is 7.06. The molecule has 0 radical (unpaired) electrons. The molecule has 35 heavy (non-hydrogen) atoms. The molecule has 5 rings (SSSR count). The van der Waals surface area contributed by atoms with Gasteiger partial charge in [0.05, 0.1) is 5.52 Å². The average molecular weight is 482 g/mol. The fraction of sp³-hybridized carbons (Fsp3) is 0.519. The molecule has 1 atom stereocenters. The van der Waals surface area contributed by atoms with Crippen molar-refractivity contribution in [2.24, 2.45) is 0 Å². The zero-order chi connectivity index (χ0) is 25.1. The zero-order valence-electron chi connectivity index (χ0n) is 21.2. The molecule has 1 N–H and O–H groups in total. The highest BCUT2D eigenvalue weighted by atomic mass is 19.1. The maximum absolute atomic E-state index is 15.7. The van der Waals surface area contributed by atoms with E-state index >= 15 is 4.39 Å². The second-order valence-electron chi connectivity index (χ2n) is 9.41. The summed E-state index contributed by atoms with van der Waals surface area (Å²) in [7, 11) is 1.81. The first-order valence-corrected chi connectivity index (χ1v) is 12.8. The van der Waals surface area contributed by atoms with Crippen molar-refractivity contribution in [3.63, 3.8) is 0 Å². The minimum absolute atomic E-state index is 0.0629. The van der Waals surface area contributed by atoms with E-state index in [1.807, 2.05) is 44.0 Å². The summed E-state index contributed by atoms with van der Waals surface area (Å²) < 4.78 is 17.4. The fourth-order valence-corrected chi connectivity index (χ4v) is 4.95. The van der Waals surface area contributed by atoms with Crippen LogP contribution >= 0.6 is 0 Å². The maximum atomic E-state index is 15.7. The van der Waals surface area contributed by atoms with E-state index in [1.165, 1.54) is 0 Å². The van der Waals surface area contributed by atoms with E-state index < -0.39 is 0 Å². The van der Waals surface area contributed by atoms with Crippen LogP contribution in [0.2, 0.25) is 0 Å². The number of H-pyrrole nitrogens is 1. The molecule has 0 spiro atoms. The molecule has 188 valence electrons. The summed E-state index contributed by atoms with van der Waals surface area (Å²) in [6, 6.07) is 5.80. The smallest absolute Gasteiger partial charge is 0.270 e. The van der Waals surface area contributed by atoms with Crippen LogP contribution in [-0.4, -0.2) is 62.6 Å². The van der Waals surface area contributed by atoms with E-state index in [9.17, 15) is 9.59 Å². The molecule has 3 heterocycles. The van der Waals surface area contributed by atoms with Gasteiger partial charge in [0, 0.05) is 62.8 Å². The number of carbonyl (C=O) groups is 2. The largest absolute Gasteiger partial charge is 0.348 e. The first-order chi connectivity index (χ1) is 16.9. The maximum Gasteiger partial charge on any atom is 0.270 e. The Labute approximate surface area is 206 Å². The molecule has 7 nitrogen and oxygen atoms in total. The molecule has 1 aromatic carbocycles. The Morgan fingerprint density at radius 2 is 2.00 bits per heavy atom. The Hall–Kier alpha value is -3.16. The average Bonchev–Trinajstić information content (AvgIpc) is 3.40. The SMILES string of the molecule is CC.Cc1cc(C2CCCN(C(=O)CCn3cccn3)C2)c(F)c2[nH]c(C(=O)N(C)C3CC3)cc12. The second-order valence-corrected chi connectivity index (χ2v) is 9.41. The number of likely N-dealkylation sites (tertiary alicyclic amines) is 1. The summed E-state index contributed by atoms with van der Waals surface area (Å²) in [5.74, 6) is -0.392. The Morgan fingerprint density at radius 3 is 2.69 bits per heavy atom. The molecule has 1 saturated heterocycles. The van der Waals surface area contributed by atoms with E-state index in [0.717, 1.165) is 36.6 Å². The van der Waals surface area contributed by atoms with Crippen molar-refractivity contribution in [3.05, 3.63) is 53.2 Å². The van der Waals surface area contributed by atoms with E-state index in [2.05, 4.69) is 10.1 Å². The molecule has 2 aliphatic rings. The lowest BCUT2D eigenvalue weighted by Gasteiger charge is -2.33. The van der Waals surface area contributed by atoms with Crippen LogP contribution in [0, 0.1) is 12.7 Å². The molecule has 2 fully saturated rings. The Balaban J connectivity index is 0.00000141. The van der Waals surface area contributed by atoms with E-state index in [0.29, 0.717) is 48.9 Å². The van der Waals surface area contributed by atoms with Gasteiger partial charge in [0.2, 0.25) is 5.91 Å². The minimum Gasteiger partial charge on any atom is -0.348 e. The van der Waals surface area contributed by atoms with E-state index in [1.54, 1.807) is 28.9 Å². The van der Waals surface area contributed by atoms with Crippen molar-refractivity contribution in [1.82, 2.24) is 24.6 Å². The first-order valence-electron chi connectivity index (χ1n) is 12.8. The minimum atomic E-state index is -0.306. The molecule has 3 aromatic rings. The number of amides is 2. The van der Waals surface area contributed by atoms with Crippen molar-refractivity contribution in [1.29, 1.82) is 0 Å². The molecule has 1 unspecified atom stereocenters. The number of fused-ring (bicyclic) bond motifs is 1. The molecule has 1 saturated carbocycles. The van der Waals surface area contributed by atoms with Crippen LogP contribution in [0.1, 0.15) is 73.5 Å². The number of aryl methyl sites for hydroxylation is 2. The highest BCUT2D eigenvalue weighted by Crippen LogP contribution is 2.35. The standard InChI is InChI=1S/C25H30FN5O2.C2H6/c1-16-13-20(17-5-3-10-30(15-17)22(32)8-12-31-11-4-9-27-31)23(26)24-19(16)14-21(28-24)25(33)29(2)18-6-7-18;1-2/h4,9,11,13-14,17-18,28H,3,5-8,10,12,15H2,1-2H3;1-2H3. The molecular weight excluding hydrogens is 445 g/mol. The number of benzene rings is 1. The quantitative estimate of drug-likeness (QED) is 0.546. The Morgan fingerprint density at radius 1 is 1.23 bits per heavy atom. The number of halogens is 1. The Bertz CT molecular complexity index is 1180. The predicted molar refractivity (Wildman–Crippen MR) is 135 cm³/mol. The topological polar surface area (TPSA) is 74.2 Å². The lowest BCUT2D eigenvalue weighted by atomic mass is 9.88. The van der Waals surface area contributed by atoms with Crippen LogP contribution in [0.5, 0.6) is 0 Å². The summed E-state index contributed by atoms with van der Waals surface area (Å²) in [6.45, 7) is 7.71. The molecule has 8 heteroatoms. The molecule has 1 aliphatic carbocycles. The van der Waals surface area contributed by atoms with Crippen molar-refractivity contribution in [2.75, 3.05) is 20.1 Å². The molecular formula is C27H36FN5O2. The Kier molecular flexibility index (Phi) is 7.57. The second kappa shape index (κ2) is 10.6. The molecule has 2 amide bonds. The zero-order valence-corrected chi connectivity index (χ0v) is 21.2. The molecule has 1 aliphatic heterocycles. The number of carbonyl (C=O) groups excluding carboxylic acids is 2. The van der Waals surface area contributed by atoms with E-state index in [-0.39, 0.29) is 23.5 Å². The summed E-state index contributed by atoms with van der Waals surface area (Å²) in [4.78, 5) is 32.2. The third-order valence-electron chi connectivity index (χ3n) is 7.06. The number of hydrogen-bond acceptors (Lipinski definition) is 3. The summed E-state index contributed by atoms with van der Waals surface area (Å²) in [5.41, 5.74) is 2.38. The van der Waals surface area contributed by atoms with Crippen LogP contribution in [0.4, 0.5) is 4.39 Å². The van der Waals surface area contributed by atoms with Gasteiger partial charge in [-0.25, -0.2) is 4.39 Å². The van der Waals surface area contributed by atoms with Gasteiger partial charge in [-0.05, 0) is 55.9 Å². The third kappa shape index (κ3) is 5.26. The van der Waals surface area contributed by atoms with Crippen LogP contribution in [0.3, 0.4) is 0 Å². The van der Waals surface area contributed by atoms with Gasteiger partial charge >= 0.3 is 0 Å². The van der Waals surface area contributed by atoms with Crippen molar-refractivity contribution in [2.45, 2.75) is 71.4 Å². The van der Waals surface area contributed by atoms with Crippen LogP contribution in [0.15, 0.2) is 30.6 Å². The van der Waals surface area contributed by atoms with Crippen molar-refractivity contribution < 1.29 is 14.0 Å². The number of aromatic amines is 1. The van der Waals surface area contributed by atoms with Crippen molar-refractivity contribution >= 4 is 22.7 Å². The first kappa shape index (κ1) is 24.9. The predicted octanol–water partition coefficient (Wildman–Crippen LogP) is 4.87. The molecule has 2 aromatic heterocycles. The van der Waals surface area contributed by atoms with Crippen LogP contribution in [-0.2, 0) is 11.3 Å². The monoisotopic (exact) mass is 481 g/mol. The lowest BCUT2D eigenvalue weighted by Crippen LogP contribution is -2.39. The van der Waals surface area contributed by atoms with Gasteiger partial charge in [-0.2, -0.15) is 5.10 Å². The summed E-state index contributed by atoms with van der Waals surface area (Å²) in [5, 5.41) is 4.89. The van der Waals surface area contributed by atoms with Gasteiger partial charge < -0.3 is 14.8 Å². The van der Waals surface area contributed by atoms with Crippen LogP contribution in [0.25, 0.3) is 10.9 Å². The van der Waals surface area contributed by atoms with Gasteiger partial charge in [0.1, 0.15) is 5.69 Å². The van der Waals surface area contributed by atoms with Gasteiger partial charge in [-0.15, -0.1) is 0 Å².